The first kappa shape index (κ1) is 8.89. The number of aliphatic hydroxyl groups is 4. The second-order valence-electron chi connectivity index (χ2n) is 2.62. The van der Waals surface area contributed by atoms with E-state index in [0.29, 0.717) is 0 Å². The Morgan fingerprint density at radius 2 is 1.91 bits per heavy atom. The van der Waals surface area contributed by atoms with E-state index in [9.17, 15) is 0 Å². The van der Waals surface area contributed by atoms with E-state index in [4.69, 9.17) is 25.2 Å². The van der Waals surface area contributed by atoms with Gasteiger partial charge in [0.1, 0.15) is 6.10 Å². The average Bonchev–Trinajstić information content (AvgIpc) is 1.99. The van der Waals surface area contributed by atoms with Gasteiger partial charge in [-0.15, -0.1) is 0 Å². The van der Waals surface area contributed by atoms with Crippen LogP contribution >= 0.6 is 0 Å². The zero-order valence-corrected chi connectivity index (χ0v) is 5.92. The standard InChI is InChI=1S/C6H12O5/c7-2-3-1-4(8)5(9)6(10)11-3/h3-10H,1-2H2/t3-,4+,5-,6+/m0/s1. The van der Waals surface area contributed by atoms with Crippen molar-refractivity contribution in [3.05, 3.63) is 0 Å². The highest BCUT2D eigenvalue weighted by molar-refractivity contribution is 4.79. The van der Waals surface area contributed by atoms with E-state index in [2.05, 4.69) is 0 Å². The SMILES string of the molecule is OC[C@@H]1C[C@@H](O)[C@H](O)[C@H](O)O1. The summed E-state index contributed by atoms with van der Waals surface area (Å²) in [6.45, 7) is -0.263. The lowest BCUT2D eigenvalue weighted by atomic mass is 10.0. The Labute approximate surface area is 63.8 Å². The number of aliphatic hydroxyl groups excluding tert-OH is 4. The second-order valence-corrected chi connectivity index (χ2v) is 2.62. The minimum absolute atomic E-state index is 0.148. The van der Waals surface area contributed by atoms with Crippen LogP contribution in [0.3, 0.4) is 0 Å². The maximum atomic E-state index is 9.05. The summed E-state index contributed by atoms with van der Waals surface area (Å²) in [4.78, 5) is 0. The highest BCUT2D eigenvalue weighted by Gasteiger charge is 2.34. The molecule has 0 bridgehead atoms. The van der Waals surface area contributed by atoms with Gasteiger partial charge in [-0.25, -0.2) is 0 Å². The van der Waals surface area contributed by atoms with Crippen molar-refractivity contribution in [3.8, 4) is 0 Å². The number of hydrogen-bond acceptors (Lipinski definition) is 5. The van der Waals surface area contributed by atoms with E-state index in [1.165, 1.54) is 0 Å². The fourth-order valence-electron chi connectivity index (χ4n) is 1.05. The van der Waals surface area contributed by atoms with E-state index >= 15 is 0 Å². The van der Waals surface area contributed by atoms with Crippen LogP contribution in [0.15, 0.2) is 0 Å². The van der Waals surface area contributed by atoms with Crippen molar-refractivity contribution in [2.75, 3.05) is 6.61 Å². The number of hydrogen-bond donors (Lipinski definition) is 4. The van der Waals surface area contributed by atoms with Gasteiger partial charge in [-0.2, -0.15) is 0 Å². The molecule has 0 spiro atoms. The molecule has 0 aromatic carbocycles. The topological polar surface area (TPSA) is 90.2 Å². The normalized spacial score (nSPS) is 45.8. The molecule has 11 heavy (non-hydrogen) atoms. The lowest BCUT2D eigenvalue weighted by molar-refractivity contribution is -0.251. The van der Waals surface area contributed by atoms with Gasteiger partial charge in [0.2, 0.25) is 0 Å². The van der Waals surface area contributed by atoms with Crippen LogP contribution in [0.25, 0.3) is 0 Å². The van der Waals surface area contributed by atoms with Crippen LogP contribution in [-0.4, -0.2) is 51.6 Å². The molecule has 1 saturated heterocycles. The third-order valence-electron chi connectivity index (χ3n) is 1.73. The largest absolute Gasteiger partial charge is 0.394 e. The van der Waals surface area contributed by atoms with Crippen molar-refractivity contribution >= 4 is 0 Å². The van der Waals surface area contributed by atoms with Gasteiger partial charge in [0.25, 0.3) is 0 Å². The molecule has 0 aromatic heterocycles. The van der Waals surface area contributed by atoms with Crippen molar-refractivity contribution in [3.63, 3.8) is 0 Å². The third kappa shape index (κ3) is 1.88. The molecule has 4 atom stereocenters. The Bertz CT molecular complexity index is 116. The van der Waals surface area contributed by atoms with Crippen molar-refractivity contribution in [1.29, 1.82) is 0 Å². The smallest absolute Gasteiger partial charge is 0.183 e. The minimum atomic E-state index is -1.39. The van der Waals surface area contributed by atoms with Gasteiger partial charge in [-0.1, -0.05) is 0 Å². The molecule has 1 aliphatic heterocycles. The number of ether oxygens (including phenoxy) is 1. The van der Waals surface area contributed by atoms with Crippen LogP contribution in [-0.2, 0) is 4.74 Å². The molecule has 0 aromatic rings. The van der Waals surface area contributed by atoms with E-state index in [1.807, 2.05) is 0 Å². The molecule has 66 valence electrons. The fraction of sp³-hybridized carbons (Fsp3) is 1.00. The zero-order chi connectivity index (χ0) is 8.43. The summed E-state index contributed by atoms with van der Waals surface area (Å²) in [6, 6.07) is 0. The molecular formula is C6H12O5. The lowest BCUT2D eigenvalue weighted by Crippen LogP contribution is -2.49. The van der Waals surface area contributed by atoms with Gasteiger partial charge >= 0.3 is 0 Å². The molecule has 0 radical (unpaired) electrons. The first-order chi connectivity index (χ1) is 5.15. The summed E-state index contributed by atoms with van der Waals surface area (Å²) in [5, 5.41) is 35.5. The molecule has 1 heterocycles. The maximum absolute atomic E-state index is 9.05. The lowest BCUT2D eigenvalue weighted by Gasteiger charge is -2.33. The minimum Gasteiger partial charge on any atom is -0.394 e. The first-order valence-corrected chi connectivity index (χ1v) is 3.45. The van der Waals surface area contributed by atoms with Gasteiger partial charge in [-0.3, -0.25) is 0 Å². The van der Waals surface area contributed by atoms with Crippen molar-refractivity contribution < 1.29 is 25.2 Å². The van der Waals surface area contributed by atoms with Crippen LogP contribution in [0.4, 0.5) is 0 Å². The Morgan fingerprint density at radius 3 is 2.36 bits per heavy atom. The Hall–Kier alpha value is -0.200. The van der Waals surface area contributed by atoms with Crippen molar-refractivity contribution in [1.82, 2.24) is 0 Å². The molecule has 4 N–H and O–H groups in total. The summed E-state index contributed by atoms with van der Waals surface area (Å²) in [5.74, 6) is 0. The van der Waals surface area contributed by atoms with E-state index < -0.39 is 24.6 Å². The molecule has 0 unspecified atom stereocenters. The molecule has 1 aliphatic rings. The molecule has 1 rings (SSSR count). The Kier molecular flexibility index (Phi) is 2.80. The summed E-state index contributed by atoms with van der Waals surface area (Å²) < 4.78 is 4.71. The quantitative estimate of drug-likeness (QED) is 0.353. The molecule has 5 heteroatoms. The summed E-state index contributed by atoms with van der Waals surface area (Å²) >= 11 is 0. The monoisotopic (exact) mass is 164 g/mol. The average molecular weight is 164 g/mol. The van der Waals surface area contributed by atoms with Crippen LogP contribution in [0.2, 0.25) is 0 Å². The molecular weight excluding hydrogens is 152 g/mol. The Balaban J connectivity index is 2.47. The molecule has 0 saturated carbocycles. The Morgan fingerprint density at radius 1 is 1.27 bits per heavy atom. The molecule has 0 amide bonds. The summed E-state index contributed by atoms with van der Waals surface area (Å²) in [6.07, 6.45) is -4.11. The van der Waals surface area contributed by atoms with E-state index in [-0.39, 0.29) is 13.0 Å². The zero-order valence-electron chi connectivity index (χ0n) is 5.92. The maximum Gasteiger partial charge on any atom is 0.183 e. The van der Waals surface area contributed by atoms with Gasteiger partial charge in [-0.05, 0) is 0 Å². The van der Waals surface area contributed by atoms with E-state index in [1.54, 1.807) is 0 Å². The summed E-state index contributed by atoms with van der Waals surface area (Å²) in [5.41, 5.74) is 0. The van der Waals surface area contributed by atoms with E-state index in [0.717, 1.165) is 0 Å². The van der Waals surface area contributed by atoms with Crippen molar-refractivity contribution in [2.24, 2.45) is 0 Å². The van der Waals surface area contributed by atoms with Crippen molar-refractivity contribution in [2.45, 2.75) is 31.0 Å². The first-order valence-electron chi connectivity index (χ1n) is 3.45. The van der Waals surface area contributed by atoms with Gasteiger partial charge in [0.05, 0.1) is 18.8 Å². The molecule has 0 aliphatic carbocycles. The summed E-state index contributed by atoms with van der Waals surface area (Å²) in [7, 11) is 0. The predicted octanol–water partition coefficient (Wildman–Crippen LogP) is -2.19. The van der Waals surface area contributed by atoms with Crippen LogP contribution in [0, 0.1) is 0 Å². The van der Waals surface area contributed by atoms with Gasteiger partial charge in [0.15, 0.2) is 6.29 Å². The van der Waals surface area contributed by atoms with Crippen LogP contribution < -0.4 is 0 Å². The third-order valence-corrected chi connectivity index (χ3v) is 1.73. The molecule has 5 nitrogen and oxygen atoms in total. The van der Waals surface area contributed by atoms with Gasteiger partial charge in [0, 0.05) is 6.42 Å². The second kappa shape index (κ2) is 3.46. The van der Waals surface area contributed by atoms with Crippen LogP contribution in [0.1, 0.15) is 6.42 Å². The number of rotatable bonds is 1. The highest BCUT2D eigenvalue weighted by atomic mass is 16.6. The van der Waals surface area contributed by atoms with Crippen LogP contribution in [0.5, 0.6) is 0 Å². The highest BCUT2D eigenvalue weighted by Crippen LogP contribution is 2.17. The predicted molar refractivity (Wildman–Crippen MR) is 34.6 cm³/mol. The molecule has 1 fully saturated rings. The fourth-order valence-corrected chi connectivity index (χ4v) is 1.05. The van der Waals surface area contributed by atoms with Gasteiger partial charge < -0.3 is 25.2 Å².